The van der Waals surface area contributed by atoms with Crippen molar-refractivity contribution in [1.29, 1.82) is 0 Å². The van der Waals surface area contributed by atoms with Gasteiger partial charge in [0.1, 0.15) is 11.5 Å². The Labute approximate surface area is 155 Å². The van der Waals surface area contributed by atoms with E-state index in [4.69, 9.17) is 9.47 Å². The lowest BCUT2D eigenvalue weighted by Gasteiger charge is -2.09. The van der Waals surface area contributed by atoms with Gasteiger partial charge < -0.3 is 14.6 Å². The molecule has 2 N–H and O–H groups in total. The van der Waals surface area contributed by atoms with E-state index in [1.807, 2.05) is 53.9 Å². The molecule has 0 aliphatic heterocycles. The van der Waals surface area contributed by atoms with E-state index >= 15 is 0 Å². The smallest absolute Gasteiger partial charge is 0.203 e. The Balaban J connectivity index is 1.80. The number of ether oxygens (including phenoxy) is 2. The molecule has 0 saturated heterocycles. The second kappa shape index (κ2) is 8.46. The SMILES string of the molecule is COc1cccc(-c2csc(N/N=C(\CO)c3ccccc3OC)n2)c1. The summed E-state index contributed by atoms with van der Waals surface area (Å²) in [6.45, 7) is -0.221. The van der Waals surface area contributed by atoms with E-state index in [1.54, 1.807) is 14.2 Å². The van der Waals surface area contributed by atoms with Crippen LogP contribution in [0.1, 0.15) is 5.56 Å². The molecule has 7 heteroatoms. The minimum atomic E-state index is -0.221. The highest BCUT2D eigenvalue weighted by Gasteiger charge is 2.10. The summed E-state index contributed by atoms with van der Waals surface area (Å²) in [7, 11) is 3.22. The average Bonchev–Trinajstić information content (AvgIpc) is 3.18. The van der Waals surface area contributed by atoms with E-state index < -0.39 is 0 Å². The van der Waals surface area contributed by atoms with Gasteiger partial charge in [0.05, 0.1) is 32.2 Å². The Morgan fingerprint density at radius 1 is 1.15 bits per heavy atom. The molecule has 3 rings (SSSR count). The molecule has 0 aliphatic rings. The van der Waals surface area contributed by atoms with E-state index in [0.29, 0.717) is 16.6 Å². The van der Waals surface area contributed by atoms with E-state index in [0.717, 1.165) is 22.6 Å². The Kier molecular flexibility index (Phi) is 5.83. The number of para-hydroxylation sites is 1. The number of aliphatic hydroxyl groups is 1. The number of benzene rings is 2. The fourth-order valence-corrected chi connectivity index (χ4v) is 3.08. The Morgan fingerprint density at radius 3 is 2.77 bits per heavy atom. The molecule has 0 spiro atoms. The first kappa shape index (κ1) is 17.9. The number of anilines is 1. The van der Waals surface area contributed by atoms with Crippen molar-refractivity contribution in [3.8, 4) is 22.8 Å². The van der Waals surface area contributed by atoms with Crippen molar-refractivity contribution >= 4 is 22.2 Å². The van der Waals surface area contributed by atoms with Gasteiger partial charge >= 0.3 is 0 Å². The summed E-state index contributed by atoms with van der Waals surface area (Å²) in [6.07, 6.45) is 0. The number of hydrogen-bond donors (Lipinski definition) is 2. The summed E-state index contributed by atoms with van der Waals surface area (Å²) in [4.78, 5) is 4.53. The van der Waals surface area contributed by atoms with Crippen molar-refractivity contribution in [1.82, 2.24) is 4.98 Å². The van der Waals surface area contributed by atoms with Gasteiger partial charge in [-0.1, -0.05) is 24.3 Å². The summed E-state index contributed by atoms with van der Waals surface area (Å²) in [5.41, 5.74) is 5.91. The maximum absolute atomic E-state index is 9.66. The number of hydrogen-bond acceptors (Lipinski definition) is 7. The first-order valence-electron chi connectivity index (χ1n) is 7.92. The largest absolute Gasteiger partial charge is 0.497 e. The minimum absolute atomic E-state index is 0.221. The van der Waals surface area contributed by atoms with Gasteiger partial charge in [0.2, 0.25) is 5.13 Å². The summed E-state index contributed by atoms with van der Waals surface area (Å²) in [5.74, 6) is 1.43. The maximum atomic E-state index is 9.66. The third kappa shape index (κ3) is 4.01. The number of aromatic nitrogens is 1. The quantitative estimate of drug-likeness (QED) is 0.491. The molecule has 6 nitrogen and oxygen atoms in total. The number of hydrazone groups is 1. The molecule has 1 aromatic heterocycles. The fraction of sp³-hybridized carbons (Fsp3) is 0.158. The van der Waals surface area contributed by atoms with Gasteiger partial charge in [-0.3, -0.25) is 5.43 Å². The van der Waals surface area contributed by atoms with Crippen molar-refractivity contribution < 1.29 is 14.6 Å². The molecule has 1 heterocycles. The van der Waals surface area contributed by atoms with Crippen LogP contribution in [0.5, 0.6) is 11.5 Å². The highest BCUT2D eigenvalue weighted by molar-refractivity contribution is 7.14. The van der Waals surface area contributed by atoms with Crippen LogP contribution in [-0.2, 0) is 0 Å². The maximum Gasteiger partial charge on any atom is 0.203 e. The van der Waals surface area contributed by atoms with Crippen LogP contribution in [0, 0.1) is 0 Å². The van der Waals surface area contributed by atoms with Gasteiger partial charge in [-0.2, -0.15) is 5.10 Å². The van der Waals surface area contributed by atoms with E-state index in [1.165, 1.54) is 11.3 Å². The summed E-state index contributed by atoms with van der Waals surface area (Å²) < 4.78 is 10.6. The van der Waals surface area contributed by atoms with Crippen molar-refractivity contribution in [2.75, 3.05) is 26.3 Å². The molecule has 0 unspecified atom stereocenters. The van der Waals surface area contributed by atoms with Crippen LogP contribution in [-0.4, -0.2) is 36.6 Å². The minimum Gasteiger partial charge on any atom is -0.497 e. The molecule has 0 fully saturated rings. The number of methoxy groups -OCH3 is 2. The zero-order chi connectivity index (χ0) is 18.4. The molecule has 3 aromatic rings. The van der Waals surface area contributed by atoms with Crippen molar-refractivity contribution in [3.05, 3.63) is 59.5 Å². The second-order valence-corrected chi connectivity index (χ2v) is 6.16. The first-order chi connectivity index (χ1) is 12.7. The lowest BCUT2D eigenvalue weighted by Crippen LogP contribution is -2.10. The topological polar surface area (TPSA) is 76.0 Å². The number of nitrogens with one attached hydrogen (secondary N) is 1. The number of thiazole rings is 1. The molecule has 0 radical (unpaired) electrons. The zero-order valence-electron chi connectivity index (χ0n) is 14.5. The number of aliphatic hydroxyl groups excluding tert-OH is 1. The van der Waals surface area contributed by atoms with Crippen molar-refractivity contribution in [2.24, 2.45) is 5.10 Å². The van der Waals surface area contributed by atoms with Gasteiger partial charge in [0.25, 0.3) is 0 Å². The number of nitrogens with zero attached hydrogens (tertiary/aromatic N) is 2. The third-order valence-electron chi connectivity index (χ3n) is 3.72. The Morgan fingerprint density at radius 2 is 2.00 bits per heavy atom. The molecule has 26 heavy (non-hydrogen) atoms. The molecule has 0 aliphatic carbocycles. The molecule has 0 atom stereocenters. The molecule has 0 amide bonds. The van der Waals surface area contributed by atoms with Gasteiger partial charge in [-0.15, -0.1) is 11.3 Å². The monoisotopic (exact) mass is 369 g/mol. The van der Waals surface area contributed by atoms with Gasteiger partial charge in [-0.05, 0) is 24.3 Å². The Hall–Kier alpha value is -2.90. The van der Waals surface area contributed by atoms with Crippen LogP contribution >= 0.6 is 11.3 Å². The van der Waals surface area contributed by atoms with Crippen LogP contribution in [0.2, 0.25) is 0 Å². The van der Waals surface area contributed by atoms with E-state index in [2.05, 4.69) is 15.5 Å². The molecule has 0 bridgehead atoms. The normalized spacial score (nSPS) is 11.3. The summed E-state index contributed by atoms with van der Waals surface area (Å²) in [6, 6.07) is 15.1. The Bertz CT molecular complexity index is 908. The highest BCUT2D eigenvalue weighted by atomic mass is 32.1. The van der Waals surface area contributed by atoms with E-state index in [9.17, 15) is 5.11 Å². The lowest BCUT2D eigenvalue weighted by molar-refractivity contribution is 0.356. The van der Waals surface area contributed by atoms with Crippen LogP contribution in [0.15, 0.2) is 59.0 Å². The first-order valence-corrected chi connectivity index (χ1v) is 8.80. The van der Waals surface area contributed by atoms with Gasteiger partial charge in [0.15, 0.2) is 0 Å². The van der Waals surface area contributed by atoms with Crippen LogP contribution in [0.25, 0.3) is 11.3 Å². The van der Waals surface area contributed by atoms with Crippen LogP contribution in [0.4, 0.5) is 5.13 Å². The van der Waals surface area contributed by atoms with Gasteiger partial charge in [0, 0.05) is 16.5 Å². The van der Waals surface area contributed by atoms with Crippen molar-refractivity contribution in [2.45, 2.75) is 0 Å². The second-order valence-electron chi connectivity index (χ2n) is 5.30. The third-order valence-corrected chi connectivity index (χ3v) is 4.47. The fourth-order valence-electron chi connectivity index (χ4n) is 2.42. The summed E-state index contributed by atoms with van der Waals surface area (Å²) in [5, 5.41) is 16.5. The number of rotatable bonds is 7. The summed E-state index contributed by atoms with van der Waals surface area (Å²) >= 11 is 1.43. The lowest BCUT2D eigenvalue weighted by atomic mass is 10.1. The molecule has 134 valence electrons. The van der Waals surface area contributed by atoms with Gasteiger partial charge in [-0.25, -0.2) is 4.98 Å². The molecule has 2 aromatic carbocycles. The molecular weight excluding hydrogens is 350 g/mol. The van der Waals surface area contributed by atoms with Crippen molar-refractivity contribution in [3.63, 3.8) is 0 Å². The van der Waals surface area contributed by atoms with Crippen LogP contribution < -0.4 is 14.9 Å². The van der Waals surface area contributed by atoms with E-state index in [-0.39, 0.29) is 6.61 Å². The highest BCUT2D eigenvalue weighted by Crippen LogP contribution is 2.27. The van der Waals surface area contributed by atoms with Crippen LogP contribution in [0.3, 0.4) is 0 Å². The molecule has 0 saturated carbocycles. The standard InChI is InChI=1S/C19H19N3O3S/c1-24-14-7-5-6-13(10-14)17-12-26-19(20-17)22-21-16(11-23)15-8-3-4-9-18(15)25-2/h3-10,12,23H,11H2,1-2H3,(H,20,22)/b21-16+. The average molecular weight is 369 g/mol. The predicted molar refractivity (Wildman–Crippen MR) is 104 cm³/mol. The predicted octanol–water partition coefficient (Wildman–Crippen LogP) is 3.64. The zero-order valence-corrected chi connectivity index (χ0v) is 15.3. The molecular formula is C19H19N3O3S.